The molecule has 0 aromatic carbocycles. The predicted octanol–water partition coefficient (Wildman–Crippen LogP) is 8.16. The highest BCUT2D eigenvalue weighted by Gasteiger charge is 2.12. The maximum Gasteiger partial charge on any atom is 0.407 e. The predicted molar refractivity (Wildman–Crippen MR) is 134 cm³/mol. The molecule has 0 saturated carbocycles. The van der Waals surface area contributed by atoms with Crippen LogP contribution in [0.2, 0.25) is 0 Å². The number of amides is 1. The van der Waals surface area contributed by atoms with Crippen LogP contribution in [-0.4, -0.2) is 31.0 Å². The van der Waals surface area contributed by atoms with Crippen LogP contribution in [0.15, 0.2) is 0 Å². The van der Waals surface area contributed by atoms with Crippen LogP contribution in [0.4, 0.5) is 4.79 Å². The molecule has 0 spiro atoms. The first kappa shape index (κ1) is 30.2. The molecule has 0 saturated heterocycles. The standard InChI is InChI=1S/C27H55NO3/c1-3-5-7-9-11-13-14-16-18-20-22-26(25-31-27(30)28-23-24-29)21-19-17-15-12-10-8-6-4-2/h26,29H,3-25H2,1-2H3,(H,28,30). The molecule has 1 unspecified atom stereocenters. The number of carbonyl (C=O) groups excluding carboxylic acids is 1. The fourth-order valence-corrected chi connectivity index (χ4v) is 4.20. The zero-order valence-electron chi connectivity index (χ0n) is 21.1. The molecule has 0 rings (SSSR count). The molecule has 0 heterocycles. The molecule has 31 heavy (non-hydrogen) atoms. The van der Waals surface area contributed by atoms with Gasteiger partial charge in [-0.25, -0.2) is 4.79 Å². The SMILES string of the molecule is CCCCCCCCCCCCC(CCCCCCCCCC)COC(=O)NCCO. The van der Waals surface area contributed by atoms with Gasteiger partial charge in [0, 0.05) is 6.54 Å². The highest BCUT2D eigenvalue weighted by Crippen LogP contribution is 2.20. The maximum absolute atomic E-state index is 11.7. The van der Waals surface area contributed by atoms with Crippen molar-refractivity contribution in [1.29, 1.82) is 0 Å². The van der Waals surface area contributed by atoms with Crippen molar-refractivity contribution < 1.29 is 14.6 Å². The van der Waals surface area contributed by atoms with E-state index in [1.807, 2.05) is 0 Å². The smallest absolute Gasteiger partial charge is 0.407 e. The van der Waals surface area contributed by atoms with Crippen LogP contribution in [-0.2, 0) is 4.74 Å². The first-order chi connectivity index (χ1) is 15.2. The van der Waals surface area contributed by atoms with Crippen molar-refractivity contribution in [1.82, 2.24) is 5.32 Å². The summed E-state index contributed by atoms with van der Waals surface area (Å²) in [4.78, 5) is 11.7. The summed E-state index contributed by atoms with van der Waals surface area (Å²) in [6, 6.07) is 0. The number of nitrogens with one attached hydrogen (secondary N) is 1. The number of hydrogen-bond donors (Lipinski definition) is 2. The summed E-state index contributed by atoms with van der Waals surface area (Å²) in [7, 11) is 0. The average molecular weight is 442 g/mol. The summed E-state index contributed by atoms with van der Waals surface area (Å²) in [6.07, 6.45) is 26.2. The molecule has 4 nitrogen and oxygen atoms in total. The van der Waals surface area contributed by atoms with Gasteiger partial charge in [0.25, 0.3) is 0 Å². The van der Waals surface area contributed by atoms with Gasteiger partial charge in [-0.2, -0.15) is 0 Å². The monoisotopic (exact) mass is 441 g/mol. The highest BCUT2D eigenvalue weighted by molar-refractivity contribution is 5.67. The Morgan fingerprint density at radius 3 is 1.45 bits per heavy atom. The van der Waals surface area contributed by atoms with Crippen molar-refractivity contribution in [2.45, 2.75) is 142 Å². The minimum Gasteiger partial charge on any atom is -0.449 e. The van der Waals surface area contributed by atoms with Crippen LogP contribution in [0, 0.1) is 5.92 Å². The van der Waals surface area contributed by atoms with Crippen molar-refractivity contribution in [2.24, 2.45) is 5.92 Å². The Hall–Kier alpha value is -0.770. The van der Waals surface area contributed by atoms with Crippen LogP contribution >= 0.6 is 0 Å². The van der Waals surface area contributed by atoms with Crippen molar-refractivity contribution in [3.05, 3.63) is 0 Å². The average Bonchev–Trinajstić information content (AvgIpc) is 2.78. The second-order valence-electron chi connectivity index (χ2n) is 9.35. The van der Waals surface area contributed by atoms with E-state index < -0.39 is 6.09 Å². The number of unbranched alkanes of at least 4 members (excludes halogenated alkanes) is 16. The third-order valence-electron chi connectivity index (χ3n) is 6.26. The zero-order chi connectivity index (χ0) is 22.8. The lowest BCUT2D eigenvalue weighted by molar-refractivity contribution is 0.118. The number of hydrogen-bond acceptors (Lipinski definition) is 3. The zero-order valence-corrected chi connectivity index (χ0v) is 21.1. The summed E-state index contributed by atoms with van der Waals surface area (Å²) in [6.45, 7) is 5.27. The Bertz CT molecular complexity index is 362. The van der Waals surface area contributed by atoms with E-state index in [1.165, 1.54) is 128 Å². The first-order valence-corrected chi connectivity index (χ1v) is 13.8. The largest absolute Gasteiger partial charge is 0.449 e. The van der Waals surface area contributed by atoms with E-state index in [9.17, 15) is 4.79 Å². The third-order valence-corrected chi connectivity index (χ3v) is 6.26. The van der Waals surface area contributed by atoms with Crippen molar-refractivity contribution in [3.63, 3.8) is 0 Å². The summed E-state index contributed by atoms with van der Waals surface area (Å²) < 4.78 is 5.41. The van der Waals surface area contributed by atoms with E-state index in [0.717, 1.165) is 0 Å². The van der Waals surface area contributed by atoms with Gasteiger partial charge in [0.15, 0.2) is 0 Å². The molecule has 0 aliphatic rings. The van der Waals surface area contributed by atoms with Gasteiger partial charge in [0.2, 0.25) is 0 Å². The van der Waals surface area contributed by atoms with E-state index in [-0.39, 0.29) is 13.2 Å². The molecule has 1 amide bonds. The number of aliphatic hydroxyl groups is 1. The highest BCUT2D eigenvalue weighted by atomic mass is 16.5. The van der Waals surface area contributed by atoms with Crippen molar-refractivity contribution in [2.75, 3.05) is 19.8 Å². The summed E-state index contributed by atoms with van der Waals surface area (Å²) in [5.74, 6) is 0.481. The fourth-order valence-electron chi connectivity index (χ4n) is 4.20. The number of alkyl carbamates (subject to hydrolysis) is 1. The van der Waals surface area contributed by atoms with Gasteiger partial charge in [-0.1, -0.05) is 129 Å². The van der Waals surface area contributed by atoms with Gasteiger partial charge in [0.05, 0.1) is 13.2 Å². The van der Waals surface area contributed by atoms with Crippen LogP contribution < -0.4 is 5.32 Å². The Balaban J connectivity index is 3.89. The molecule has 1 atom stereocenters. The van der Waals surface area contributed by atoms with Crippen LogP contribution in [0.5, 0.6) is 0 Å². The fraction of sp³-hybridized carbons (Fsp3) is 0.963. The Labute approximate surface area is 194 Å². The quantitative estimate of drug-likeness (QED) is 0.148. The summed E-state index contributed by atoms with van der Waals surface area (Å²) >= 11 is 0. The molecule has 186 valence electrons. The lowest BCUT2D eigenvalue weighted by Gasteiger charge is -2.17. The molecular weight excluding hydrogens is 386 g/mol. The molecule has 0 aromatic rings. The second-order valence-corrected chi connectivity index (χ2v) is 9.35. The number of aliphatic hydroxyl groups excluding tert-OH is 1. The molecule has 2 N–H and O–H groups in total. The first-order valence-electron chi connectivity index (χ1n) is 13.8. The van der Waals surface area contributed by atoms with Gasteiger partial charge >= 0.3 is 6.09 Å². The molecule has 0 bridgehead atoms. The maximum atomic E-state index is 11.7. The lowest BCUT2D eigenvalue weighted by Crippen LogP contribution is -2.28. The normalized spacial score (nSPS) is 12.1. The molecule has 0 aromatic heterocycles. The molecule has 0 radical (unpaired) electrons. The van der Waals surface area contributed by atoms with Crippen molar-refractivity contribution in [3.8, 4) is 0 Å². The number of ether oxygens (including phenoxy) is 1. The van der Waals surface area contributed by atoms with Gasteiger partial charge in [-0.3, -0.25) is 0 Å². The molecule has 4 heteroatoms. The summed E-state index contributed by atoms with van der Waals surface area (Å²) in [5.41, 5.74) is 0. The van der Waals surface area contributed by atoms with Gasteiger partial charge < -0.3 is 15.2 Å². The van der Waals surface area contributed by atoms with E-state index in [2.05, 4.69) is 19.2 Å². The molecule has 0 aliphatic carbocycles. The molecule has 0 aliphatic heterocycles. The van der Waals surface area contributed by atoms with E-state index in [1.54, 1.807) is 0 Å². The van der Waals surface area contributed by atoms with Crippen LogP contribution in [0.25, 0.3) is 0 Å². The van der Waals surface area contributed by atoms with Crippen LogP contribution in [0.3, 0.4) is 0 Å². The topological polar surface area (TPSA) is 58.6 Å². The van der Waals surface area contributed by atoms with Gasteiger partial charge in [0.1, 0.15) is 0 Å². The van der Waals surface area contributed by atoms with E-state index in [0.29, 0.717) is 12.5 Å². The van der Waals surface area contributed by atoms with E-state index >= 15 is 0 Å². The van der Waals surface area contributed by atoms with Crippen molar-refractivity contribution >= 4 is 6.09 Å². The van der Waals surface area contributed by atoms with Gasteiger partial charge in [-0.15, -0.1) is 0 Å². The molecule has 0 fully saturated rings. The van der Waals surface area contributed by atoms with E-state index in [4.69, 9.17) is 9.84 Å². The number of carbonyl (C=O) groups is 1. The molecular formula is C27H55NO3. The van der Waals surface area contributed by atoms with Gasteiger partial charge in [-0.05, 0) is 18.8 Å². The lowest BCUT2D eigenvalue weighted by atomic mass is 9.94. The second kappa shape index (κ2) is 25.5. The summed E-state index contributed by atoms with van der Waals surface area (Å²) in [5, 5.41) is 11.4. The third kappa shape index (κ3) is 23.7. The Morgan fingerprint density at radius 2 is 1.06 bits per heavy atom. The minimum atomic E-state index is -0.391. The Morgan fingerprint density at radius 1 is 0.677 bits per heavy atom. The number of rotatable bonds is 24. The minimum absolute atomic E-state index is 0.0462. The van der Waals surface area contributed by atoms with Crippen LogP contribution in [0.1, 0.15) is 142 Å². The Kier molecular flexibility index (Phi) is 24.9.